The molecule has 0 aliphatic carbocycles. The third kappa shape index (κ3) is 9.20. The second-order valence-corrected chi connectivity index (χ2v) is 10.2. The highest BCUT2D eigenvalue weighted by Crippen LogP contribution is 2.23. The Kier molecular flexibility index (Phi) is 10.9. The van der Waals surface area contributed by atoms with Crippen LogP contribution in [0.3, 0.4) is 0 Å². The molecule has 1 aliphatic heterocycles. The maximum Gasteiger partial charge on any atom is 0.222 e. The molecule has 0 N–H and O–H groups in total. The van der Waals surface area contributed by atoms with Gasteiger partial charge in [0.1, 0.15) is 0 Å². The number of nitrogens with zero attached hydrogens (tertiary/aromatic N) is 2. The van der Waals surface area contributed by atoms with Gasteiger partial charge in [0, 0.05) is 26.1 Å². The fraction of sp³-hybridized carbons (Fsp3) is 0.741. The van der Waals surface area contributed by atoms with Crippen molar-refractivity contribution in [3.8, 4) is 0 Å². The predicted molar refractivity (Wildman–Crippen MR) is 129 cm³/mol. The maximum absolute atomic E-state index is 13.0. The Morgan fingerprint density at radius 1 is 0.933 bits per heavy atom. The van der Waals surface area contributed by atoms with E-state index in [1.54, 1.807) is 0 Å². The molecule has 170 valence electrons. The molecule has 1 aliphatic rings. The molecule has 1 amide bonds. The van der Waals surface area contributed by atoms with Crippen LogP contribution in [0.2, 0.25) is 0 Å². The van der Waals surface area contributed by atoms with Crippen molar-refractivity contribution >= 4 is 5.91 Å². The number of carbonyl (C=O) groups excluding carboxylic acids is 1. The van der Waals surface area contributed by atoms with Gasteiger partial charge in [-0.25, -0.2) is 0 Å². The molecule has 3 heteroatoms. The first-order chi connectivity index (χ1) is 14.4. The van der Waals surface area contributed by atoms with Gasteiger partial charge in [-0.1, -0.05) is 90.5 Å². The molecular formula is C27H46N2O. The zero-order valence-corrected chi connectivity index (χ0v) is 20.2. The number of carbonyl (C=O) groups is 1. The molecule has 0 aromatic heterocycles. The molecule has 2 rings (SSSR count). The molecule has 1 aromatic rings. The molecule has 0 saturated carbocycles. The third-order valence-corrected chi connectivity index (χ3v) is 6.43. The van der Waals surface area contributed by atoms with Gasteiger partial charge in [-0.3, -0.25) is 4.79 Å². The smallest absolute Gasteiger partial charge is 0.222 e. The van der Waals surface area contributed by atoms with Gasteiger partial charge in [0.15, 0.2) is 0 Å². The summed E-state index contributed by atoms with van der Waals surface area (Å²) < 4.78 is 0. The van der Waals surface area contributed by atoms with E-state index in [0.717, 1.165) is 26.1 Å². The van der Waals surface area contributed by atoms with Gasteiger partial charge in [-0.2, -0.15) is 0 Å². The Hall–Kier alpha value is -1.35. The first-order valence-electron chi connectivity index (χ1n) is 12.5. The quantitative estimate of drug-likeness (QED) is 0.362. The van der Waals surface area contributed by atoms with E-state index in [1.807, 2.05) is 0 Å². The highest BCUT2D eigenvalue weighted by Gasteiger charge is 2.18. The lowest BCUT2D eigenvalue weighted by Gasteiger charge is -2.30. The summed E-state index contributed by atoms with van der Waals surface area (Å²) >= 11 is 0. The minimum Gasteiger partial charge on any atom is -0.337 e. The Balaban J connectivity index is 1.91. The van der Waals surface area contributed by atoms with E-state index >= 15 is 0 Å². The Bertz CT molecular complexity index is 596. The number of unbranched alkanes of at least 4 members (excludes halogenated alkanes) is 5. The van der Waals surface area contributed by atoms with Gasteiger partial charge < -0.3 is 9.80 Å². The van der Waals surface area contributed by atoms with Crippen LogP contribution in [0.15, 0.2) is 24.3 Å². The van der Waals surface area contributed by atoms with Crippen molar-refractivity contribution < 1.29 is 4.79 Å². The second-order valence-electron chi connectivity index (χ2n) is 10.2. The van der Waals surface area contributed by atoms with E-state index in [9.17, 15) is 4.79 Å². The van der Waals surface area contributed by atoms with E-state index in [1.165, 1.54) is 75.6 Å². The van der Waals surface area contributed by atoms with Crippen LogP contribution < -0.4 is 0 Å². The lowest BCUT2D eigenvalue weighted by Crippen LogP contribution is -2.40. The van der Waals surface area contributed by atoms with Crippen molar-refractivity contribution in [2.45, 2.75) is 104 Å². The molecular weight excluding hydrogens is 368 g/mol. The van der Waals surface area contributed by atoms with Crippen molar-refractivity contribution in [2.24, 2.45) is 0 Å². The van der Waals surface area contributed by atoms with Crippen LogP contribution in [0, 0.1) is 0 Å². The highest BCUT2D eigenvalue weighted by atomic mass is 16.2. The van der Waals surface area contributed by atoms with Gasteiger partial charge in [-0.05, 0) is 48.9 Å². The maximum atomic E-state index is 13.0. The summed E-state index contributed by atoms with van der Waals surface area (Å²) in [5, 5.41) is 0. The summed E-state index contributed by atoms with van der Waals surface area (Å²) in [5.74, 6) is 0.336. The SMILES string of the molecule is CCCCCCCCC(=O)N(CCN1CCCCC1)Cc1ccc(C(C)(C)C)cc1. The molecule has 3 nitrogen and oxygen atoms in total. The summed E-state index contributed by atoms with van der Waals surface area (Å²) in [6.07, 6.45) is 12.1. The molecule has 30 heavy (non-hydrogen) atoms. The molecule has 0 radical (unpaired) electrons. The summed E-state index contributed by atoms with van der Waals surface area (Å²) in [5.41, 5.74) is 2.77. The summed E-state index contributed by atoms with van der Waals surface area (Å²) in [7, 11) is 0. The number of piperidine rings is 1. The van der Waals surface area contributed by atoms with Gasteiger partial charge in [0.2, 0.25) is 5.91 Å². The molecule has 0 spiro atoms. The molecule has 1 aromatic carbocycles. The first-order valence-corrected chi connectivity index (χ1v) is 12.5. The van der Waals surface area contributed by atoms with Crippen molar-refractivity contribution in [1.82, 2.24) is 9.80 Å². The largest absolute Gasteiger partial charge is 0.337 e. The fourth-order valence-electron chi connectivity index (χ4n) is 4.28. The van der Waals surface area contributed by atoms with E-state index in [4.69, 9.17) is 0 Å². The zero-order valence-electron chi connectivity index (χ0n) is 20.2. The second kappa shape index (κ2) is 13.1. The topological polar surface area (TPSA) is 23.6 Å². The van der Waals surface area contributed by atoms with Crippen LogP contribution in [0.5, 0.6) is 0 Å². The molecule has 1 heterocycles. The Morgan fingerprint density at radius 2 is 1.57 bits per heavy atom. The predicted octanol–water partition coefficient (Wildman–Crippen LogP) is 6.55. The van der Waals surface area contributed by atoms with E-state index < -0.39 is 0 Å². The average molecular weight is 415 g/mol. The number of hydrogen-bond acceptors (Lipinski definition) is 2. The van der Waals surface area contributed by atoms with Crippen LogP contribution in [-0.4, -0.2) is 41.9 Å². The average Bonchev–Trinajstić information content (AvgIpc) is 2.74. The van der Waals surface area contributed by atoms with Crippen molar-refractivity contribution in [3.63, 3.8) is 0 Å². The van der Waals surface area contributed by atoms with Crippen LogP contribution >= 0.6 is 0 Å². The molecule has 0 atom stereocenters. The van der Waals surface area contributed by atoms with E-state index in [2.05, 4.69) is 61.8 Å². The fourth-order valence-corrected chi connectivity index (χ4v) is 4.28. The summed E-state index contributed by atoms with van der Waals surface area (Å²) in [4.78, 5) is 17.7. The lowest BCUT2D eigenvalue weighted by atomic mass is 9.87. The minimum absolute atomic E-state index is 0.167. The lowest BCUT2D eigenvalue weighted by molar-refractivity contribution is -0.132. The monoisotopic (exact) mass is 414 g/mol. The summed E-state index contributed by atoms with van der Waals surface area (Å²) in [6.45, 7) is 14.0. The molecule has 0 unspecified atom stereocenters. The molecule has 1 fully saturated rings. The van der Waals surface area contributed by atoms with Crippen LogP contribution in [0.25, 0.3) is 0 Å². The minimum atomic E-state index is 0.167. The van der Waals surface area contributed by atoms with Crippen LogP contribution in [0.1, 0.15) is 103 Å². The standard InChI is InChI=1S/C27H46N2O/c1-5-6-7-8-9-11-14-26(30)29(22-21-28-19-12-10-13-20-28)23-24-15-17-25(18-16-24)27(2,3)4/h15-18H,5-14,19-23H2,1-4H3. The number of amides is 1. The highest BCUT2D eigenvalue weighted by molar-refractivity contribution is 5.76. The molecule has 0 bridgehead atoms. The van der Waals surface area contributed by atoms with Crippen molar-refractivity contribution in [1.29, 1.82) is 0 Å². The van der Waals surface area contributed by atoms with E-state index in [0.29, 0.717) is 12.3 Å². The van der Waals surface area contributed by atoms with E-state index in [-0.39, 0.29) is 5.41 Å². The number of rotatable bonds is 12. The van der Waals surface area contributed by atoms with Gasteiger partial charge in [0.25, 0.3) is 0 Å². The van der Waals surface area contributed by atoms with Gasteiger partial charge in [0.05, 0.1) is 0 Å². The normalized spacial score (nSPS) is 15.3. The molecule has 1 saturated heterocycles. The zero-order chi connectivity index (χ0) is 21.8. The van der Waals surface area contributed by atoms with Crippen molar-refractivity contribution in [3.05, 3.63) is 35.4 Å². The van der Waals surface area contributed by atoms with Gasteiger partial charge in [-0.15, -0.1) is 0 Å². The number of likely N-dealkylation sites (tertiary alicyclic amines) is 1. The van der Waals surface area contributed by atoms with Crippen LogP contribution in [0.4, 0.5) is 0 Å². The summed E-state index contributed by atoms with van der Waals surface area (Å²) in [6, 6.07) is 8.89. The Morgan fingerprint density at radius 3 is 2.20 bits per heavy atom. The van der Waals surface area contributed by atoms with Crippen LogP contribution in [-0.2, 0) is 16.8 Å². The third-order valence-electron chi connectivity index (χ3n) is 6.43. The van der Waals surface area contributed by atoms with Gasteiger partial charge >= 0.3 is 0 Å². The van der Waals surface area contributed by atoms with Crippen molar-refractivity contribution in [2.75, 3.05) is 26.2 Å². The first kappa shape index (κ1) is 24.9. The number of benzene rings is 1. The number of hydrogen-bond donors (Lipinski definition) is 0. The Labute approximate surface area is 186 Å².